The fourth-order valence-corrected chi connectivity index (χ4v) is 3.00. The molecule has 3 heteroatoms. The zero-order chi connectivity index (χ0) is 7.98. The molecule has 0 aliphatic carbocycles. The molecule has 0 amide bonds. The van der Waals surface area contributed by atoms with E-state index in [0.717, 1.165) is 0 Å². The van der Waals surface area contributed by atoms with Crippen LogP contribution in [0.5, 0.6) is 0 Å². The fraction of sp³-hybridized carbons (Fsp3) is 1.00. The normalized spacial score (nSPS) is 11.4. The maximum Gasteiger partial charge on any atom is 0.102 e. The number of hydrogen-bond donors (Lipinski definition) is 0. The van der Waals surface area contributed by atoms with Crippen LogP contribution in [-0.2, 0) is 0 Å². The third-order valence-electron chi connectivity index (χ3n) is 1.04. The van der Waals surface area contributed by atoms with Crippen molar-refractivity contribution in [1.82, 2.24) is 4.90 Å². The summed E-state index contributed by atoms with van der Waals surface area (Å²) in [6.45, 7) is 4.41. The maximum absolute atomic E-state index is 2.27. The summed E-state index contributed by atoms with van der Waals surface area (Å²) < 4.78 is 0.648. The fourth-order valence-electron chi connectivity index (χ4n) is 0.631. The number of thioether (sulfide) groups is 2. The van der Waals surface area contributed by atoms with Crippen molar-refractivity contribution in [2.45, 2.75) is 18.6 Å². The van der Waals surface area contributed by atoms with E-state index in [1.807, 2.05) is 23.5 Å². The average molecular weight is 179 g/mol. The molecular formula is C7H17NS2. The van der Waals surface area contributed by atoms with Crippen LogP contribution >= 0.6 is 23.5 Å². The Morgan fingerprint density at radius 3 is 1.70 bits per heavy atom. The second kappa shape index (κ2) is 6.38. The minimum Gasteiger partial charge on any atom is -0.289 e. The Morgan fingerprint density at radius 1 is 1.10 bits per heavy atom. The molecule has 0 aliphatic heterocycles. The number of nitrogens with zero attached hydrogens (tertiary/aromatic N) is 1. The molecule has 0 saturated carbocycles. The van der Waals surface area contributed by atoms with Crippen molar-refractivity contribution in [3.8, 4) is 0 Å². The van der Waals surface area contributed by atoms with E-state index < -0.39 is 0 Å². The van der Waals surface area contributed by atoms with Crippen LogP contribution in [0.25, 0.3) is 0 Å². The molecule has 0 unspecified atom stereocenters. The first kappa shape index (κ1) is 10.7. The summed E-state index contributed by atoms with van der Waals surface area (Å²) in [5.74, 6) is 2.41. The molecule has 0 aromatic heterocycles. The van der Waals surface area contributed by atoms with E-state index in [1.165, 1.54) is 11.5 Å². The zero-order valence-electron chi connectivity index (χ0n) is 7.26. The Bertz CT molecular complexity index is 70.0. The Balaban J connectivity index is 3.50. The van der Waals surface area contributed by atoms with E-state index in [4.69, 9.17) is 0 Å². The summed E-state index contributed by atoms with van der Waals surface area (Å²) in [4.78, 5) is 2.27. The van der Waals surface area contributed by atoms with Gasteiger partial charge in [0.15, 0.2) is 0 Å². The van der Waals surface area contributed by atoms with Gasteiger partial charge in [0.05, 0.1) is 0 Å². The van der Waals surface area contributed by atoms with Gasteiger partial charge in [-0.2, -0.15) is 0 Å². The van der Waals surface area contributed by atoms with Gasteiger partial charge >= 0.3 is 0 Å². The van der Waals surface area contributed by atoms with E-state index >= 15 is 0 Å². The van der Waals surface area contributed by atoms with Crippen LogP contribution in [0.15, 0.2) is 0 Å². The Labute approximate surface area is 72.9 Å². The first-order valence-corrected chi connectivity index (χ1v) is 5.71. The molecule has 0 spiro atoms. The molecule has 0 N–H and O–H groups in total. The molecule has 0 saturated heterocycles. The SMILES string of the molecule is CCSC(SCC)N(C)C. The summed E-state index contributed by atoms with van der Waals surface area (Å²) in [5, 5.41) is 0. The Hall–Kier alpha value is 0.660. The van der Waals surface area contributed by atoms with Crippen molar-refractivity contribution in [2.75, 3.05) is 25.6 Å². The molecule has 0 fully saturated rings. The second-order valence-electron chi connectivity index (χ2n) is 2.18. The van der Waals surface area contributed by atoms with Gasteiger partial charge < -0.3 is 0 Å². The summed E-state index contributed by atoms with van der Waals surface area (Å²) in [6.07, 6.45) is 0. The van der Waals surface area contributed by atoms with Crippen LogP contribution in [0.1, 0.15) is 13.8 Å². The van der Waals surface area contributed by atoms with Gasteiger partial charge in [0.25, 0.3) is 0 Å². The molecular weight excluding hydrogens is 162 g/mol. The van der Waals surface area contributed by atoms with Crippen molar-refractivity contribution in [3.05, 3.63) is 0 Å². The van der Waals surface area contributed by atoms with Crippen molar-refractivity contribution in [1.29, 1.82) is 0 Å². The van der Waals surface area contributed by atoms with E-state index in [2.05, 4.69) is 32.8 Å². The van der Waals surface area contributed by atoms with Gasteiger partial charge in [-0.1, -0.05) is 13.8 Å². The highest BCUT2D eigenvalue weighted by atomic mass is 32.2. The standard InChI is InChI=1S/C7H17NS2/c1-5-9-7(8(3)4)10-6-2/h7H,5-6H2,1-4H3. The van der Waals surface area contributed by atoms with Crippen LogP contribution < -0.4 is 0 Å². The molecule has 0 aliphatic rings. The van der Waals surface area contributed by atoms with Crippen LogP contribution in [0.2, 0.25) is 0 Å². The maximum atomic E-state index is 2.27. The van der Waals surface area contributed by atoms with Gasteiger partial charge in [0.2, 0.25) is 0 Å². The van der Waals surface area contributed by atoms with Gasteiger partial charge in [0, 0.05) is 0 Å². The van der Waals surface area contributed by atoms with Crippen molar-refractivity contribution in [3.63, 3.8) is 0 Å². The smallest absolute Gasteiger partial charge is 0.102 e. The molecule has 0 radical (unpaired) electrons. The number of hydrogen-bond acceptors (Lipinski definition) is 3. The molecule has 0 aromatic carbocycles. The predicted molar refractivity (Wildman–Crippen MR) is 53.7 cm³/mol. The number of rotatable bonds is 5. The molecule has 10 heavy (non-hydrogen) atoms. The lowest BCUT2D eigenvalue weighted by Crippen LogP contribution is -2.21. The third kappa shape index (κ3) is 4.47. The van der Waals surface area contributed by atoms with E-state index in [0.29, 0.717) is 4.71 Å². The Kier molecular flexibility index (Phi) is 6.80. The van der Waals surface area contributed by atoms with E-state index in [-0.39, 0.29) is 0 Å². The van der Waals surface area contributed by atoms with Crippen LogP contribution in [0.4, 0.5) is 0 Å². The van der Waals surface area contributed by atoms with E-state index in [9.17, 15) is 0 Å². The molecule has 0 heterocycles. The summed E-state index contributed by atoms with van der Waals surface area (Å²) >= 11 is 4.00. The van der Waals surface area contributed by atoms with Gasteiger partial charge in [-0.05, 0) is 25.6 Å². The molecule has 0 aromatic rings. The lowest BCUT2D eigenvalue weighted by molar-refractivity contribution is 0.460. The lowest BCUT2D eigenvalue weighted by Gasteiger charge is -2.21. The minimum absolute atomic E-state index is 0.648. The summed E-state index contributed by atoms with van der Waals surface area (Å²) in [5.41, 5.74) is 0. The highest BCUT2D eigenvalue weighted by molar-refractivity contribution is 8.16. The van der Waals surface area contributed by atoms with Crippen molar-refractivity contribution < 1.29 is 0 Å². The quantitative estimate of drug-likeness (QED) is 0.596. The van der Waals surface area contributed by atoms with Gasteiger partial charge in [0.1, 0.15) is 4.71 Å². The first-order valence-electron chi connectivity index (χ1n) is 3.62. The van der Waals surface area contributed by atoms with Gasteiger partial charge in [-0.3, -0.25) is 4.90 Å². The molecule has 0 rings (SSSR count). The van der Waals surface area contributed by atoms with Crippen molar-refractivity contribution >= 4 is 23.5 Å². The summed E-state index contributed by atoms with van der Waals surface area (Å²) in [6, 6.07) is 0. The summed E-state index contributed by atoms with van der Waals surface area (Å²) in [7, 11) is 4.27. The van der Waals surface area contributed by atoms with Crippen LogP contribution in [-0.4, -0.2) is 35.2 Å². The van der Waals surface area contributed by atoms with Crippen molar-refractivity contribution in [2.24, 2.45) is 0 Å². The average Bonchev–Trinajstić information content (AvgIpc) is 1.87. The highest BCUT2D eigenvalue weighted by Crippen LogP contribution is 2.24. The largest absolute Gasteiger partial charge is 0.289 e. The van der Waals surface area contributed by atoms with Gasteiger partial charge in [-0.25, -0.2) is 0 Å². The second-order valence-corrected chi connectivity index (χ2v) is 5.19. The van der Waals surface area contributed by atoms with Gasteiger partial charge in [-0.15, -0.1) is 23.5 Å². The lowest BCUT2D eigenvalue weighted by atomic mass is 11.0. The first-order chi connectivity index (χ1) is 4.72. The highest BCUT2D eigenvalue weighted by Gasteiger charge is 2.08. The molecule has 62 valence electrons. The minimum atomic E-state index is 0.648. The third-order valence-corrected chi connectivity index (χ3v) is 3.94. The monoisotopic (exact) mass is 179 g/mol. The van der Waals surface area contributed by atoms with Crippen LogP contribution in [0.3, 0.4) is 0 Å². The van der Waals surface area contributed by atoms with Crippen LogP contribution in [0, 0.1) is 0 Å². The Morgan fingerprint density at radius 2 is 1.50 bits per heavy atom. The molecule has 0 bridgehead atoms. The molecule has 0 atom stereocenters. The van der Waals surface area contributed by atoms with E-state index in [1.54, 1.807) is 0 Å². The molecule has 1 nitrogen and oxygen atoms in total. The predicted octanol–water partition coefficient (Wildman–Crippen LogP) is 2.34. The topological polar surface area (TPSA) is 3.24 Å². The zero-order valence-corrected chi connectivity index (χ0v) is 8.89.